The number of hydrogen-bond donors (Lipinski definition) is 4. The highest BCUT2D eigenvalue weighted by atomic mass is 31.2. The number of nitrogens with zero attached hydrogens (tertiary/aromatic N) is 3. The summed E-state index contributed by atoms with van der Waals surface area (Å²) in [5.41, 5.74) is 7.48. The molecular weight excluding hydrogens is 548 g/mol. The molecule has 2 aromatic rings. The van der Waals surface area contributed by atoms with Crippen LogP contribution in [-0.4, -0.2) is 49.4 Å². The summed E-state index contributed by atoms with van der Waals surface area (Å²) in [6.45, 7) is 4.55. The molecule has 7 nitrogen and oxygen atoms in total. The molecule has 2 aromatic carbocycles. The molecule has 0 saturated heterocycles. The van der Waals surface area contributed by atoms with Gasteiger partial charge in [-0.3, -0.25) is 4.99 Å². The van der Waals surface area contributed by atoms with E-state index in [0.717, 1.165) is 42.5 Å². The lowest BCUT2D eigenvalue weighted by Crippen LogP contribution is -2.34. The summed E-state index contributed by atoms with van der Waals surface area (Å²) >= 11 is 0. The molecule has 0 spiro atoms. The lowest BCUT2D eigenvalue weighted by molar-refractivity contribution is -0.137. The first-order chi connectivity index (χ1) is 19.5. The van der Waals surface area contributed by atoms with E-state index in [1.54, 1.807) is 24.4 Å². The molecule has 1 aliphatic heterocycles. The topological polar surface area (TPSA) is 107 Å². The van der Waals surface area contributed by atoms with Gasteiger partial charge in [-0.1, -0.05) is 30.4 Å². The highest BCUT2D eigenvalue weighted by Crippen LogP contribution is 2.44. The van der Waals surface area contributed by atoms with Crippen molar-refractivity contribution in [1.82, 2.24) is 5.32 Å². The van der Waals surface area contributed by atoms with Crippen molar-refractivity contribution < 1.29 is 18.1 Å². The maximum absolute atomic E-state index is 13.0. The number of anilines is 1. The molecule has 218 valence electrons. The Kier molecular flexibility index (Phi) is 9.99. The monoisotopic (exact) mass is 585 g/mol. The van der Waals surface area contributed by atoms with Gasteiger partial charge in [0.25, 0.3) is 0 Å². The van der Waals surface area contributed by atoms with E-state index >= 15 is 0 Å². The van der Waals surface area contributed by atoms with E-state index in [0.29, 0.717) is 23.1 Å². The number of benzene rings is 2. The third-order valence-corrected chi connectivity index (χ3v) is 8.36. The van der Waals surface area contributed by atoms with Crippen LogP contribution in [0, 0.1) is 11.8 Å². The summed E-state index contributed by atoms with van der Waals surface area (Å²) in [6, 6.07) is 12.4. The number of rotatable bonds is 7. The molecule has 1 heterocycles. The van der Waals surface area contributed by atoms with Crippen molar-refractivity contribution >= 4 is 42.7 Å². The average molecular weight is 586 g/mol. The molecule has 5 N–H and O–H groups in total. The fraction of sp³-hybridized carbons (Fsp3) is 0.367. The SMILES string of the molecule is C[P+](C)(O)c1ccc(NC(N=C(N)N/C2=C/C(C3CC3)CCCN=C2)=NCC=Cc2cccc(C(F)(F)F)c2)cc1. The Morgan fingerprint density at radius 2 is 1.88 bits per heavy atom. The summed E-state index contributed by atoms with van der Waals surface area (Å²) in [4.78, 5) is 23.8. The van der Waals surface area contributed by atoms with E-state index in [1.165, 1.54) is 18.9 Å². The standard InChI is InChI=1S/C30H37F3N6OP/c1-41(2,40)27-14-12-25(13-15-27)38-29(36-17-4-7-21-6-3-9-24(18-21)30(31,32)33)39-28(34)37-26-19-23(22-10-11-22)8-5-16-35-20-26/h3-4,6-7,9,12-15,18-20,22-23,40H,5,8,10-11,16-17H2,1-2H3,(H4,34,36,37,38,39)/q+1/b7-4?,26-19+,35-20?. The van der Waals surface area contributed by atoms with Crippen LogP contribution in [0.4, 0.5) is 18.9 Å². The third kappa shape index (κ3) is 9.83. The number of aliphatic imine (C=N–C) groups is 3. The molecule has 0 radical (unpaired) electrons. The van der Waals surface area contributed by atoms with Crippen LogP contribution in [0.2, 0.25) is 0 Å². The highest BCUT2D eigenvalue weighted by Gasteiger charge is 2.31. The molecule has 41 heavy (non-hydrogen) atoms. The zero-order chi connectivity index (χ0) is 29.5. The Morgan fingerprint density at radius 1 is 1.12 bits per heavy atom. The fourth-order valence-electron chi connectivity index (χ4n) is 4.49. The van der Waals surface area contributed by atoms with Crippen LogP contribution in [0.1, 0.15) is 36.8 Å². The number of alkyl halides is 3. The molecule has 0 amide bonds. The summed E-state index contributed by atoms with van der Waals surface area (Å²) in [6.07, 6.45) is 7.46. The molecule has 1 saturated carbocycles. The maximum Gasteiger partial charge on any atom is 0.416 e. The van der Waals surface area contributed by atoms with Crippen molar-refractivity contribution in [1.29, 1.82) is 0 Å². The molecule has 4 rings (SSSR count). The molecule has 1 unspecified atom stereocenters. The zero-order valence-corrected chi connectivity index (χ0v) is 24.2. The van der Waals surface area contributed by atoms with Gasteiger partial charge in [0.15, 0.2) is 7.49 Å². The first-order valence-corrected chi connectivity index (χ1v) is 16.3. The first kappa shape index (κ1) is 30.5. The van der Waals surface area contributed by atoms with Gasteiger partial charge in [0.1, 0.15) is 5.30 Å². The molecule has 1 fully saturated rings. The van der Waals surface area contributed by atoms with Crippen LogP contribution in [-0.2, 0) is 6.18 Å². The number of nitrogens with two attached hydrogens (primary N) is 1. The van der Waals surface area contributed by atoms with E-state index < -0.39 is 19.2 Å². The van der Waals surface area contributed by atoms with Crippen molar-refractivity contribution in [3.63, 3.8) is 0 Å². The van der Waals surface area contributed by atoms with Gasteiger partial charge in [-0.05, 0) is 79.5 Å². The van der Waals surface area contributed by atoms with Gasteiger partial charge < -0.3 is 16.4 Å². The van der Waals surface area contributed by atoms with Crippen LogP contribution < -0.4 is 21.7 Å². The van der Waals surface area contributed by atoms with Crippen molar-refractivity contribution in [2.75, 3.05) is 31.7 Å². The van der Waals surface area contributed by atoms with Gasteiger partial charge in [0.2, 0.25) is 11.9 Å². The smallest absolute Gasteiger partial charge is 0.369 e. The summed E-state index contributed by atoms with van der Waals surface area (Å²) in [5.74, 6) is 1.55. The van der Waals surface area contributed by atoms with Crippen molar-refractivity contribution in [3.8, 4) is 0 Å². The molecule has 2 aliphatic rings. The Morgan fingerprint density at radius 3 is 2.56 bits per heavy atom. The van der Waals surface area contributed by atoms with Gasteiger partial charge in [-0.15, -0.1) is 0 Å². The lowest BCUT2D eigenvalue weighted by Gasteiger charge is -2.16. The quantitative estimate of drug-likeness (QED) is 0.191. The molecule has 0 aromatic heterocycles. The molecule has 1 aliphatic carbocycles. The van der Waals surface area contributed by atoms with E-state index in [2.05, 4.69) is 31.7 Å². The summed E-state index contributed by atoms with van der Waals surface area (Å²) in [5, 5.41) is 7.15. The van der Waals surface area contributed by atoms with Crippen molar-refractivity contribution in [2.45, 2.75) is 31.9 Å². The maximum atomic E-state index is 13.0. The van der Waals surface area contributed by atoms with Gasteiger partial charge in [-0.2, -0.15) is 18.2 Å². The predicted molar refractivity (Wildman–Crippen MR) is 165 cm³/mol. The van der Waals surface area contributed by atoms with Crippen LogP contribution >= 0.6 is 7.49 Å². The summed E-state index contributed by atoms with van der Waals surface area (Å²) in [7, 11) is -2.16. The minimum Gasteiger partial charge on any atom is -0.369 e. The van der Waals surface area contributed by atoms with Crippen LogP contribution in [0.5, 0.6) is 0 Å². The second kappa shape index (κ2) is 13.4. The Balaban J connectivity index is 1.52. The fourth-order valence-corrected chi connectivity index (χ4v) is 5.37. The van der Waals surface area contributed by atoms with E-state index in [-0.39, 0.29) is 18.5 Å². The number of guanidine groups is 2. The summed E-state index contributed by atoms with van der Waals surface area (Å²) < 4.78 is 39.1. The number of nitrogens with one attached hydrogen (secondary N) is 2. The second-order valence-corrected chi connectivity index (χ2v) is 14.0. The molecule has 11 heteroatoms. The molecular formula is C30H37F3N6OP+. The van der Waals surface area contributed by atoms with E-state index in [9.17, 15) is 18.1 Å². The Hall–Kier alpha value is -3.49. The highest BCUT2D eigenvalue weighted by molar-refractivity contribution is 7.76. The Labute approximate surface area is 239 Å². The lowest BCUT2D eigenvalue weighted by atomic mass is 9.96. The average Bonchev–Trinajstić information content (AvgIpc) is 3.73. The van der Waals surface area contributed by atoms with Gasteiger partial charge in [0, 0.05) is 18.4 Å². The van der Waals surface area contributed by atoms with Crippen molar-refractivity contribution in [2.24, 2.45) is 32.5 Å². The molecule has 1 atom stereocenters. The van der Waals surface area contributed by atoms with Gasteiger partial charge in [0.05, 0.1) is 31.1 Å². The third-order valence-electron chi connectivity index (χ3n) is 6.80. The van der Waals surface area contributed by atoms with Crippen LogP contribution in [0.3, 0.4) is 0 Å². The number of hydrogen-bond acceptors (Lipinski definition) is 3. The number of halogens is 3. The normalized spacial score (nSPS) is 20.3. The minimum absolute atomic E-state index is 0.130. The van der Waals surface area contributed by atoms with Crippen LogP contribution in [0.15, 0.2) is 81.4 Å². The van der Waals surface area contributed by atoms with Crippen molar-refractivity contribution in [3.05, 3.63) is 77.5 Å². The second-order valence-electron chi connectivity index (χ2n) is 10.7. The van der Waals surface area contributed by atoms with Gasteiger partial charge >= 0.3 is 6.18 Å². The zero-order valence-electron chi connectivity index (χ0n) is 23.3. The predicted octanol–water partition coefficient (Wildman–Crippen LogP) is 5.68. The molecule has 0 bridgehead atoms. The largest absolute Gasteiger partial charge is 0.416 e. The van der Waals surface area contributed by atoms with Crippen LogP contribution in [0.25, 0.3) is 6.08 Å². The van der Waals surface area contributed by atoms with E-state index in [4.69, 9.17) is 5.73 Å². The van der Waals surface area contributed by atoms with Gasteiger partial charge in [-0.25, -0.2) is 9.89 Å². The Bertz CT molecular complexity index is 1340. The van der Waals surface area contributed by atoms with E-state index in [1.807, 2.05) is 37.6 Å². The number of allylic oxidation sites excluding steroid dienone is 2. The first-order valence-electron chi connectivity index (χ1n) is 13.6. The minimum atomic E-state index is -4.41.